The van der Waals surface area contributed by atoms with E-state index < -0.39 is 17.5 Å². The SMILES string of the molecule is CO[C@]12C[C@@]34CC(=O)O[C@@]3(C[C@H](O)[C@@H]4C)[C@@](C)(CO1)[C@H]2C. The summed E-state index contributed by atoms with van der Waals surface area (Å²) in [7, 11) is 1.68. The van der Waals surface area contributed by atoms with Crippen LogP contribution >= 0.6 is 0 Å². The fraction of sp³-hybridized carbons (Fsp3) is 0.938. The molecule has 7 atom stereocenters. The molecular weight excluding hydrogens is 272 g/mol. The number of esters is 1. The molecule has 5 heteroatoms. The minimum Gasteiger partial charge on any atom is -0.458 e. The normalized spacial score (nSPS) is 61.6. The number of carbonyl (C=O) groups excluding carboxylic acids is 1. The summed E-state index contributed by atoms with van der Waals surface area (Å²) in [4.78, 5) is 12.2. The zero-order valence-electron chi connectivity index (χ0n) is 13.1. The van der Waals surface area contributed by atoms with E-state index in [9.17, 15) is 9.90 Å². The van der Waals surface area contributed by atoms with Gasteiger partial charge in [0.15, 0.2) is 5.79 Å². The van der Waals surface area contributed by atoms with Crippen molar-refractivity contribution < 1.29 is 24.1 Å². The Morgan fingerprint density at radius 1 is 1.38 bits per heavy atom. The van der Waals surface area contributed by atoms with E-state index in [4.69, 9.17) is 14.2 Å². The number of fused-ring (bicyclic) bond motifs is 2. The quantitative estimate of drug-likeness (QED) is 0.743. The lowest BCUT2D eigenvalue weighted by Gasteiger charge is -2.57. The number of aliphatic hydroxyl groups is 1. The molecule has 0 spiro atoms. The minimum atomic E-state index is -0.662. The maximum Gasteiger partial charge on any atom is 0.307 e. The van der Waals surface area contributed by atoms with Gasteiger partial charge in [0.25, 0.3) is 0 Å². The van der Waals surface area contributed by atoms with Gasteiger partial charge in [-0.3, -0.25) is 4.79 Å². The predicted octanol–water partition coefficient (Wildman–Crippen LogP) is 1.48. The molecule has 0 aromatic carbocycles. The Morgan fingerprint density at radius 3 is 2.76 bits per heavy atom. The average molecular weight is 296 g/mol. The van der Waals surface area contributed by atoms with E-state index >= 15 is 0 Å². The Hall–Kier alpha value is -0.650. The molecule has 0 unspecified atom stereocenters. The van der Waals surface area contributed by atoms with E-state index in [1.807, 2.05) is 6.92 Å². The second-order valence-corrected chi connectivity index (χ2v) is 7.81. The molecule has 21 heavy (non-hydrogen) atoms. The Morgan fingerprint density at radius 2 is 2.10 bits per heavy atom. The van der Waals surface area contributed by atoms with Gasteiger partial charge in [0, 0.05) is 36.7 Å². The van der Waals surface area contributed by atoms with E-state index in [0.29, 0.717) is 25.9 Å². The number of ether oxygens (including phenoxy) is 3. The molecule has 5 nitrogen and oxygen atoms in total. The zero-order valence-corrected chi connectivity index (χ0v) is 13.1. The van der Waals surface area contributed by atoms with E-state index in [2.05, 4.69) is 13.8 Å². The first-order valence-electron chi connectivity index (χ1n) is 7.86. The van der Waals surface area contributed by atoms with Gasteiger partial charge in [-0.15, -0.1) is 0 Å². The summed E-state index contributed by atoms with van der Waals surface area (Å²) >= 11 is 0. The third-order valence-electron chi connectivity index (χ3n) is 7.56. The highest BCUT2D eigenvalue weighted by molar-refractivity contribution is 5.75. The fourth-order valence-electron chi connectivity index (χ4n) is 6.06. The molecule has 0 radical (unpaired) electrons. The maximum atomic E-state index is 12.2. The first-order chi connectivity index (χ1) is 9.77. The molecular formula is C16H24O5. The van der Waals surface area contributed by atoms with Crippen molar-refractivity contribution in [3.63, 3.8) is 0 Å². The van der Waals surface area contributed by atoms with Crippen molar-refractivity contribution in [2.24, 2.45) is 22.7 Å². The van der Waals surface area contributed by atoms with E-state index in [1.165, 1.54) is 0 Å². The molecule has 4 aliphatic rings. The largest absolute Gasteiger partial charge is 0.458 e. The lowest BCUT2D eigenvalue weighted by Crippen LogP contribution is -2.65. The van der Waals surface area contributed by atoms with Gasteiger partial charge in [-0.25, -0.2) is 0 Å². The van der Waals surface area contributed by atoms with Crippen LogP contribution in [0.5, 0.6) is 0 Å². The van der Waals surface area contributed by atoms with Crippen molar-refractivity contribution in [2.45, 2.75) is 57.5 Å². The molecule has 2 saturated carbocycles. The summed E-state index contributed by atoms with van der Waals surface area (Å²) in [5.41, 5.74) is -1.32. The Labute approximate surface area is 124 Å². The van der Waals surface area contributed by atoms with Gasteiger partial charge in [-0.05, 0) is 5.92 Å². The van der Waals surface area contributed by atoms with Gasteiger partial charge in [0.1, 0.15) is 5.60 Å². The standard InChI is InChI=1S/C16H24O5/c1-9-11(17)5-16-13(3)8-20-15(19-4,10(13)2)7-14(9,16)6-12(18)21-16/h9-11,17H,5-8H2,1-4H3/t9-,10+,11-,13-,14+,15+,16-/m0/s1. The van der Waals surface area contributed by atoms with Crippen LogP contribution < -0.4 is 0 Å². The number of rotatable bonds is 1. The minimum absolute atomic E-state index is 0.00648. The van der Waals surface area contributed by atoms with Gasteiger partial charge >= 0.3 is 5.97 Å². The Balaban J connectivity index is 1.96. The van der Waals surface area contributed by atoms with Gasteiger partial charge in [0.05, 0.1) is 19.1 Å². The molecule has 4 rings (SSSR count). The fourth-order valence-corrected chi connectivity index (χ4v) is 6.06. The van der Waals surface area contributed by atoms with Crippen molar-refractivity contribution in [2.75, 3.05) is 13.7 Å². The third kappa shape index (κ3) is 1.18. The molecule has 118 valence electrons. The second-order valence-electron chi connectivity index (χ2n) is 7.81. The molecule has 2 heterocycles. The number of carbonyl (C=O) groups is 1. The number of aliphatic hydroxyl groups excluding tert-OH is 1. The Bertz CT molecular complexity index is 521. The summed E-state index contributed by atoms with van der Waals surface area (Å²) in [5, 5.41) is 10.5. The highest BCUT2D eigenvalue weighted by atomic mass is 16.7. The van der Waals surface area contributed by atoms with E-state index in [1.54, 1.807) is 7.11 Å². The number of hydrogen-bond donors (Lipinski definition) is 1. The Kier molecular flexibility index (Phi) is 2.42. The summed E-state index contributed by atoms with van der Waals surface area (Å²) < 4.78 is 17.9. The molecule has 0 amide bonds. The van der Waals surface area contributed by atoms with Gasteiger partial charge in [-0.1, -0.05) is 20.8 Å². The highest BCUT2D eigenvalue weighted by Crippen LogP contribution is 2.76. The molecule has 2 aliphatic carbocycles. The number of methoxy groups -OCH3 is 1. The predicted molar refractivity (Wildman–Crippen MR) is 73.2 cm³/mol. The monoisotopic (exact) mass is 296 g/mol. The third-order valence-corrected chi connectivity index (χ3v) is 7.56. The first kappa shape index (κ1) is 14.0. The first-order valence-corrected chi connectivity index (χ1v) is 7.86. The van der Waals surface area contributed by atoms with Crippen LogP contribution in [0.15, 0.2) is 0 Å². The van der Waals surface area contributed by atoms with Crippen LogP contribution in [0.4, 0.5) is 0 Å². The molecule has 4 fully saturated rings. The topological polar surface area (TPSA) is 65.0 Å². The van der Waals surface area contributed by atoms with Crippen molar-refractivity contribution in [3.8, 4) is 0 Å². The van der Waals surface area contributed by atoms with Crippen molar-refractivity contribution in [1.82, 2.24) is 0 Å². The maximum absolute atomic E-state index is 12.2. The van der Waals surface area contributed by atoms with Gasteiger partial charge < -0.3 is 19.3 Å². The molecule has 0 aromatic rings. The zero-order chi connectivity index (χ0) is 15.3. The van der Waals surface area contributed by atoms with Crippen LogP contribution in [-0.4, -0.2) is 42.3 Å². The van der Waals surface area contributed by atoms with Gasteiger partial charge in [-0.2, -0.15) is 0 Å². The molecule has 2 aliphatic heterocycles. The summed E-state index contributed by atoms with van der Waals surface area (Å²) in [6, 6.07) is 0. The number of hydrogen-bond acceptors (Lipinski definition) is 5. The van der Waals surface area contributed by atoms with Crippen LogP contribution in [0, 0.1) is 22.7 Å². The molecule has 2 bridgehead atoms. The summed E-state index contributed by atoms with van der Waals surface area (Å²) in [5.74, 6) is -0.677. The van der Waals surface area contributed by atoms with Crippen molar-refractivity contribution >= 4 is 5.97 Å². The van der Waals surface area contributed by atoms with Crippen molar-refractivity contribution in [3.05, 3.63) is 0 Å². The summed E-state index contributed by atoms with van der Waals surface area (Å²) in [6.07, 6.45) is 1.07. The summed E-state index contributed by atoms with van der Waals surface area (Å²) in [6.45, 7) is 6.80. The highest BCUT2D eigenvalue weighted by Gasteiger charge is 2.83. The average Bonchev–Trinajstić information content (AvgIpc) is 2.92. The molecule has 2 saturated heterocycles. The van der Waals surface area contributed by atoms with Crippen LogP contribution in [0.3, 0.4) is 0 Å². The van der Waals surface area contributed by atoms with Gasteiger partial charge in [0.2, 0.25) is 0 Å². The lowest BCUT2D eigenvalue weighted by molar-refractivity contribution is -0.270. The van der Waals surface area contributed by atoms with Crippen LogP contribution in [0.2, 0.25) is 0 Å². The molecule has 0 aromatic heterocycles. The van der Waals surface area contributed by atoms with Crippen LogP contribution in [0.1, 0.15) is 40.0 Å². The second kappa shape index (κ2) is 3.63. The lowest BCUT2D eigenvalue weighted by atomic mass is 9.48. The van der Waals surface area contributed by atoms with E-state index in [0.717, 1.165) is 0 Å². The van der Waals surface area contributed by atoms with Crippen molar-refractivity contribution in [1.29, 1.82) is 0 Å². The van der Waals surface area contributed by atoms with E-state index in [-0.39, 0.29) is 28.6 Å². The van der Waals surface area contributed by atoms with Crippen LogP contribution in [0.25, 0.3) is 0 Å². The molecule has 1 N–H and O–H groups in total. The smallest absolute Gasteiger partial charge is 0.307 e. The van der Waals surface area contributed by atoms with Crippen LogP contribution in [-0.2, 0) is 19.0 Å².